The van der Waals surface area contributed by atoms with Crippen LogP contribution in [0.2, 0.25) is 0 Å². The number of anilines is 2. The fourth-order valence-electron chi connectivity index (χ4n) is 3.17. The highest BCUT2D eigenvalue weighted by molar-refractivity contribution is 7.89. The van der Waals surface area contributed by atoms with Crippen LogP contribution in [-0.4, -0.2) is 30.7 Å². The van der Waals surface area contributed by atoms with Crippen molar-refractivity contribution in [3.05, 3.63) is 58.1 Å². The minimum atomic E-state index is -3.59. The first-order chi connectivity index (χ1) is 13.4. The lowest BCUT2D eigenvalue weighted by molar-refractivity contribution is -0.384. The van der Waals surface area contributed by atoms with Crippen LogP contribution in [0.4, 0.5) is 17.1 Å². The molecular formula is C19H20N4O4S. The Morgan fingerprint density at radius 3 is 2.43 bits per heavy atom. The molecule has 0 radical (unpaired) electrons. The summed E-state index contributed by atoms with van der Waals surface area (Å²) in [6.07, 6.45) is 3.77. The van der Waals surface area contributed by atoms with Gasteiger partial charge in [0.05, 0.1) is 21.1 Å². The molecule has 0 atom stereocenters. The van der Waals surface area contributed by atoms with Crippen molar-refractivity contribution in [1.82, 2.24) is 4.31 Å². The minimum Gasteiger partial charge on any atom is -0.354 e. The zero-order valence-corrected chi connectivity index (χ0v) is 16.0. The molecule has 0 spiro atoms. The SMILES string of the molecule is N#Cc1cc([N+](=O)[O-])ccc1Nc1cccc(S(=O)(=O)N2CCCCCC2)c1. The molecule has 0 aromatic heterocycles. The van der Waals surface area contributed by atoms with Gasteiger partial charge in [-0.1, -0.05) is 18.9 Å². The van der Waals surface area contributed by atoms with Gasteiger partial charge in [0, 0.05) is 30.9 Å². The molecule has 1 aliphatic rings. The molecule has 1 N–H and O–H groups in total. The topological polar surface area (TPSA) is 116 Å². The van der Waals surface area contributed by atoms with Crippen molar-refractivity contribution in [2.24, 2.45) is 0 Å². The third kappa shape index (κ3) is 4.30. The summed E-state index contributed by atoms with van der Waals surface area (Å²) < 4.78 is 27.4. The van der Waals surface area contributed by atoms with Gasteiger partial charge in [0.2, 0.25) is 10.0 Å². The van der Waals surface area contributed by atoms with E-state index in [9.17, 15) is 23.8 Å². The van der Waals surface area contributed by atoms with Crippen LogP contribution < -0.4 is 5.32 Å². The van der Waals surface area contributed by atoms with Crippen molar-refractivity contribution in [3.63, 3.8) is 0 Å². The summed E-state index contributed by atoms with van der Waals surface area (Å²) in [4.78, 5) is 10.5. The third-order valence-corrected chi connectivity index (χ3v) is 6.54. The van der Waals surface area contributed by atoms with Gasteiger partial charge in [-0.05, 0) is 37.1 Å². The lowest BCUT2D eigenvalue weighted by atomic mass is 10.1. The molecule has 1 fully saturated rings. The summed E-state index contributed by atoms with van der Waals surface area (Å²) in [7, 11) is -3.59. The largest absolute Gasteiger partial charge is 0.354 e. The predicted octanol–water partition coefficient (Wildman–Crippen LogP) is 3.77. The van der Waals surface area contributed by atoms with Gasteiger partial charge in [0.1, 0.15) is 6.07 Å². The molecule has 2 aromatic carbocycles. The van der Waals surface area contributed by atoms with Crippen LogP contribution in [0, 0.1) is 21.4 Å². The standard InChI is InChI=1S/C19H20N4O4S/c20-14-15-12-17(23(24)25)8-9-19(15)21-16-6-5-7-18(13-16)28(26,27)22-10-3-1-2-4-11-22/h5-9,12-13,21H,1-4,10-11H2. The number of nitriles is 1. The first-order valence-electron chi connectivity index (χ1n) is 8.97. The highest BCUT2D eigenvalue weighted by Crippen LogP contribution is 2.27. The van der Waals surface area contributed by atoms with E-state index in [-0.39, 0.29) is 16.1 Å². The number of nitrogens with zero attached hydrogens (tertiary/aromatic N) is 3. The molecule has 3 rings (SSSR count). The number of nitro groups is 1. The van der Waals surface area contributed by atoms with Gasteiger partial charge in [-0.2, -0.15) is 9.57 Å². The molecule has 8 nitrogen and oxygen atoms in total. The Bertz CT molecular complexity index is 1020. The fraction of sp³-hybridized carbons (Fsp3) is 0.316. The van der Waals surface area contributed by atoms with Gasteiger partial charge in [0.25, 0.3) is 5.69 Å². The Balaban J connectivity index is 1.88. The number of sulfonamides is 1. The molecule has 2 aromatic rings. The number of rotatable bonds is 5. The van der Waals surface area contributed by atoms with Crippen molar-refractivity contribution < 1.29 is 13.3 Å². The van der Waals surface area contributed by atoms with Crippen LogP contribution in [0.5, 0.6) is 0 Å². The van der Waals surface area contributed by atoms with E-state index in [0.717, 1.165) is 25.7 Å². The lowest BCUT2D eigenvalue weighted by Gasteiger charge is -2.20. The first kappa shape index (κ1) is 19.8. The molecule has 1 aliphatic heterocycles. The van der Waals surface area contributed by atoms with Gasteiger partial charge in [-0.3, -0.25) is 10.1 Å². The number of benzene rings is 2. The van der Waals surface area contributed by atoms with Crippen LogP contribution >= 0.6 is 0 Å². The maximum Gasteiger partial charge on any atom is 0.270 e. The highest BCUT2D eigenvalue weighted by atomic mass is 32.2. The fourth-order valence-corrected chi connectivity index (χ4v) is 4.73. The molecule has 1 saturated heterocycles. The van der Waals surface area contributed by atoms with E-state index in [0.29, 0.717) is 24.5 Å². The molecule has 0 unspecified atom stereocenters. The molecule has 146 valence electrons. The zero-order valence-electron chi connectivity index (χ0n) is 15.2. The molecule has 9 heteroatoms. The zero-order chi connectivity index (χ0) is 20.1. The Hall–Kier alpha value is -2.96. The van der Waals surface area contributed by atoms with Crippen molar-refractivity contribution >= 4 is 27.1 Å². The van der Waals surface area contributed by atoms with Gasteiger partial charge in [0.15, 0.2) is 0 Å². The normalized spacial score (nSPS) is 15.4. The summed E-state index contributed by atoms with van der Waals surface area (Å²) in [6, 6.07) is 12.2. The monoisotopic (exact) mass is 400 g/mol. The predicted molar refractivity (Wildman–Crippen MR) is 105 cm³/mol. The number of nitrogens with one attached hydrogen (secondary N) is 1. The molecule has 28 heavy (non-hydrogen) atoms. The Labute approximate surface area is 163 Å². The second-order valence-corrected chi connectivity index (χ2v) is 8.51. The second-order valence-electron chi connectivity index (χ2n) is 6.57. The van der Waals surface area contributed by atoms with Gasteiger partial charge in [-0.25, -0.2) is 8.42 Å². The van der Waals surface area contributed by atoms with Gasteiger partial charge >= 0.3 is 0 Å². The Kier molecular flexibility index (Phi) is 5.92. The Morgan fingerprint density at radius 2 is 1.79 bits per heavy atom. The summed E-state index contributed by atoms with van der Waals surface area (Å²) in [6.45, 7) is 1.03. The van der Waals surface area contributed by atoms with Crippen molar-refractivity contribution in [2.75, 3.05) is 18.4 Å². The molecule has 0 aliphatic carbocycles. The third-order valence-electron chi connectivity index (χ3n) is 4.65. The van der Waals surface area contributed by atoms with Gasteiger partial charge in [-0.15, -0.1) is 0 Å². The van der Waals surface area contributed by atoms with Crippen LogP contribution in [0.15, 0.2) is 47.4 Å². The van der Waals surface area contributed by atoms with Crippen molar-refractivity contribution in [2.45, 2.75) is 30.6 Å². The maximum absolute atomic E-state index is 13.0. The smallest absolute Gasteiger partial charge is 0.270 e. The molecular weight excluding hydrogens is 380 g/mol. The van der Waals surface area contributed by atoms with Crippen LogP contribution in [0.1, 0.15) is 31.2 Å². The number of non-ortho nitro benzene ring substituents is 1. The van der Waals surface area contributed by atoms with Crippen LogP contribution in [-0.2, 0) is 10.0 Å². The van der Waals surface area contributed by atoms with Crippen molar-refractivity contribution in [1.29, 1.82) is 5.26 Å². The van der Waals surface area contributed by atoms with Crippen LogP contribution in [0.25, 0.3) is 0 Å². The minimum absolute atomic E-state index is 0.106. The Morgan fingerprint density at radius 1 is 1.07 bits per heavy atom. The molecule has 0 amide bonds. The van der Waals surface area contributed by atoms with E-state index in [1.54, 1.807) is 18.2 Å². The summed E-state index contributed by atoms with van der Waals surface area (Å²) >= 11 is 0. The van der Waals surface area contributed by atoms with Crippen LogP contribution in [0.3, 0.4) is 0 Å². The molecule has 0 saturated carbocycles. The van der Waals surface area contributed by atoms with E-state index >= 15 is 0 Å². The average molecular weight is 400 g/mol. The van der Waals surface area contributed by atoms with E-state index in [2.05, 4.69) is 5.32 Å². The second kappa shape index (κ2) is 8.37. The summed E-state index contributed by atoms with van der Waals surface area (Å²) in [5, 5.41) is 23.1. The molecule has 0 bridgehead atoms. The number of hydrogen-bond donors (Lipinski definition) is 1. The highest BCUT2D eigenvalue weighted by Gasteiger charge is 2.25. The van der Waals surface area contributed by atoms with E-state index in [4.69, 9.17) is 0 Å². The number of nitro benzene ring substituents is 1. The van der Waals surface area contributed by atoms with E-state index < -0.39 is 14.9 Å². The first-order valence-corrected chi connectivity index (χ1v) is 10.4. The quantitative estimate of drug-likeness (QED) is 0.603. The average Bonchev–Trinajstić information content (AvgIpc) is 2.98. The number of hydrogen-bond acceptors (Lipinski definition) is 6. The maximum atomic E-state index is 13.0. The lowest BCUT2D eigenvalue weighted by Crippen LogP contribution is -2.31. The molecule has 1 heterocycles. The van der Waals surface area contributed by atoms with E-state index in [1.165, 1.54) is 28.6 Å². The summed E-state index contributed by atoms with van der Waals surface area (Å²) in [5.41, 5.74) is 0.785. The van der Waals surface area contributed by atoms with Gasteiger partial charge < -0.3 is 5.32 Å². The van der Waals surface area contributed by atoms with E-state index in [1.807, 2.05) is 6.07 Å². The summed E-state index contributed by atoms with van der Waals surface area (Å²) in [5.74, 6) is 0. The van der Waals surface area contributed by atoms with Crippen molar-refractivity contribution in [3.8, 4) is 6.07 Å².